The van der Waals surface area contributed by atoms with E-state index in [1.54, 1.807) is 11.0 Å². The van der Waals surface area contributed by atoms with Crippen molar-refractivity contribution in [1.29, 1.82) is 0 Å². The number of nitrogens with one attached hydrogen (secondary N) is 1. The number of allylic oxidation sites excluding steroid dienone is 1. The van der Waals surface area contributed by atoms with Crippen LogP contribution in [0, 0.1) is 36.5 Å². The Morgan fingerprint density at radius 1 is 1.12 bits per heavy atom. The Kier molecular flexibility index (Phi) is 9.01. The second-order valence-corrected chi connectivity index (χ2v) is 17.4. The van der Waals surface area contributed by atoms with Crippen LogP contribution in [0.2, 0.25) is 0 Å². The van der Waals surface area contributed by atoms with Crippen LogP contribution >= 0.6 is 0 Å². The fourth-order valence-corrected chi connectivity index (χ4v) is 8.34. The highest BCUT2D eigenvalue weighted by Crippen LogP contribution is 2.57. The first-order valence-corrected chi connectivity index (χ1v) is 18.7. The number of benzene rings is 2. The first-order chi connectivity index (χ1) is 23.0. The van der Waals surface area contributed by atoms with E-state index in [9.17, 15) is 22.8 Å². The standard InChI is InChI=1S/C39H47N3O6S/c1-8-27-20-39(27,37(45)41-49(46,47)29-14-15-29)21-34(43)33-19-28(22-42(33)36(44)25(4)38(5,6)7)48-35-31-16-13-23(2)17-26(31)18-32(40-35)30-12-10-9-11-24(30)3/h8-13,16-18,25,27-29,33H,1,14-15,19-22H2,2-7H3,(H,41,45)/t25-,27?,28-,33+,39-/m1/s1. The highest BCUT2D eigenvalue weighted by Gasteiger charge is 2.61. The maximum atomic E-state index is 14.3. The molecule has 1 aliphatic heterocycles. The smallest absolute Gasteiger partial charge is 0.240 e. The SMILES string of the molecule is C=CC1C[C@]1(CC(=O)[C@@H]1C[C@@H](Oc2nc(-c3ccccc3C)cc3cc(C)ccc23)CN1C(=O)[C@@H](C)C(C)(C)C)C(=O)NS(=O)(=O)C1CC1. The molecular formula is C39H47N3O6S. The van der Waals surface area contributed by atoms with Crippen LogP contribution in [0.3, 0.4) is 0 Å². The molecule has 2 amide bonds. The lowest BCUT2D eigenvalue weighted by Gasteiger charge is -2.33. The molecule has 1 N–H and O–H groups in total. The molecule has 1 saturated heterocycles. The van der Waals surface area contributed by atoms with E-state index in [0.717, 1.165) is 33.2 Å². The molecule has 0 radical (unpaired) electrons. The molecule has 2 saturated carbocycles. The van der Waals surface area contributed by atoms with Gasteiger partial charge in [-0.3, -0.25) is 19.1 Å². The summed E-state index contributed by atoms with van der Waals surface area (Å²) in [6.45, 7) is 15.9. The zero-order chi connectivity index (χ0) is 35.5. The van der Waals surface area contributed by atoms with E-state index in [2.05, 4.69) is 23.4 Å². The molecule has 3 aromatic rings. The minimum absolute atomic E-state index is 0.162. The number of pyridine rings is 1. The van der Waals surface area contributed by atoms with Crippen LogP contribution in [-0.4, -0.2) is 59.8 Å². The quantitative estimate of drug-likeness (QED) is 0.235. The van der Waals surface area contributed by atoms with Gasteiger partial charge < -0.3 is 9.64 Å². The third kappa shape index (κ3) is 6.89. The number of hydrogen-bond donors (Lipinski definition) is 1. The number of fused-ring (bicyclic) bond motifs is 1. The molecule has 1 unspecified atom stereocenters. The van der Waals surface area contributed by atoms with E-state index in [4.69, 9.17) is 9.72 Å². The van der Waals surface area contributed by atoms with E-state index in [1.807, 2.05) is 77.9 Å². The van der Waals surface area contributed by atoms with Gasteiger partial charge in [-0.25, -0.2) is 13.4 Å². The van der Waals surface area contributed by atoms with Gasteiger partial charge >= 0.3 is 0 Å². The van der Waals surface area contributed by atoms with Gasteiger partial charge in [-0.2, -0.15) is 0 Å². The van der Waals surface area contributed by atoms with E-state index in [1.165, 1.54) is 0 Å². The number of amides is 2. The van der Waals surface area contributed by atoms with E-state index in [-0.39, 0.29) is 42.4 Å². The Morgan fingerprint density at radius 2 is 1.84 bits per heavy atom. The lowest BCUT2D eigenvalue weighted by atomic mass is 9.81. The highest BCUT2D eigenvalue weighted by molar-refractivity contribution is 7.90. The van der Waals surface area contributed by atoms with E-state index in [0.29, 0.717) is 25.1 Å². The largest absolute Gasteiger partial charge is 0.472 e. The average molecular weight is 686 g/mol. The van der Waals surface area contributed by atoms with Crippen molar-refractivity contribution in [3.63, 3.8) is 0 Å². The summed E-state index contributed by atoms with van der Waals surface area (Å²) in [5.41, 5.74) is 2.36. The van der Waals surface area contributed by atoms with Crippen molar-refractivity contribution in [3.8, 4) is 17.1 Å². The molecule has 2 aromatic carbocycles. The number of nitrogens with zero attached hydrogens (tertiary/aromatic N) is 2. The van der Waals surface area contributed by atoms with Crippen LogP contribution in [-0.2, 0) is 24.4 Å². The summed E-state index contributed by atoms with van der Waals surface area (Å²) < 4.78 is 34.3. The normalized spacial score (nSPS) is 24.4. The van der Waals surface area contributed by atoms with Gasteiger partial charge in [0.2, 0.25) is 27.7 Å². The second kappa shape index (κ2) is 12.7. The first-order valence-electron chi connectivity index (χ1n) is 17.2. The molecule has 0 bridgehead atoms. The molecule has 5 atom stereocenters. The predicted molar refractivity (Wildman–Crippen MR) is 190 cm³/mol. The molecule has 49 heavy (non-hydrogen) atoms. The molecule has 2 heterocycles. The first kappa shape index (κ1) is 34.8. The maximum Gasteiger partial charge on any atom is 0.240 e. The fourth-order valence-electron chi connectivity index (χ4n) is 6.95. The number of sulfonamides is 1. The molecule has 3 aliphatic rings. The number of ketones is 1. The van der Waals surface area contributed by atoms with Crippen LogP contribution < -0.4 is 9.46 Å². The summed E-state index contributed by atoms with van der Waals surface area (Å²) in [7, 11) is -3.79. The van der Waals surface area contributed by atoms with Crippen molar-refractivity contribution in [1.82, 2.24) is 14.6 Å². The number of ether oxygens (including phenoxy) is 1. The maximum absolute atomic E-state index is 14.3. The fraction of sp³-hybridized carbons (Fsp3) is 0.487. The van der Waals surface area contributed by atoms with Crippen molar-refractivity contribution in [2.24, 2.45) is 22.7 Å². The lowest BCUT2D eigenvalue weighted by Crippen LogP contribution is -2.47. The molecule has 1 aromatic heterocycles. The van der Waals surface area contributed by atoms with Gasteiger partial charge in [0.25, 0.3) is 0 Å². The van der Waals surface area contributed by atoms with E-state index < -0.39 is 44.7 Å². The van der Waals surface area contributed by atoms with Crippen molar-refractivity contribution in [2.75, 3.05) is 6.54 Å². The molecular weight excluding hydrogens is 639 g/mol. The van der Waals surface area contributed by atoms with Gasteiger partial charge in [-0.15, -0.1) is 6.58 Å². The van der Waals surface area contributed by atoms with Crippen molar-refractivity contribution in [2.45, 2.75) is 91.0 Å². The lowest BCUT2D eigenvalue weighted by molar-refractivity contribution is -0.144. The Balaban J connectivity index is 1.31. The summed E-state index contributed by atoms with van der Waals surface area (Å²) in [4.78, 5) is 48.4. The Morgan fingerprint density at radius 3 is 2.47 bits per heavy atom. The third-order valence-electron chi connectivity index (χ3n) is 10.8. The predicted octanol–water partition coefficient (Wildman–Crippen LogP) is 6.31. The molecule has 6 rings (SSSR count). The number of carbonyl (C=O) groups excluding carboxylic acids is 3. The van der Waals surface area contributed by atoms with Crippen LogP contribution in [0.25, 0.3) is 22.0 Å². The van der Waals surface area contributed by atoms with Gasteiger partial charge in [0.15, 0.2) is 5.78 Å². The topological polar surface area (TPSA) is 123 Å². The average Bonchev–Trinajstić information content (AvgIpc) is 3.96. The summed E-state index contributed by atoms with van der Waals surface area (Å²) in [6, 6.07) is 15.3. The van der Waals surface area contributed by atoms with E-state index >= 15 is 0 Å². The molecule has 9 nitrogen and oxygen atoms in total. The number of Topliss-reactive ketones (excluding diaryl/α,β-unsaturated/α-hetero) is 1. The molecule has 2 aliphatic carbocycles. The number of hydrogen-bond acceptors (Lipinski definition) is 7. The van der Waals surface area contributed by atoms with Gasteiger partial charge in [0.05, 0.1) is 28.9 Å². The van der Waals surface area contributed by atoms with Gasteiger partial charge in [0, 0.05) is 29.7 Å². The molecule has 260 valence electrons. The van der Waals surface area contributed by atoms with Crippen LogP contribution in [0.5, 0.6) is 5.88 Å². The number of rotatable bonds is 11. The van der Waals surface area contributed by atoms with Crippen LogP contribution in [0.1, 0.15) is 70.9 Å². The van der Waals surface area contributed by atoms with Gasteiger partial charge in [0.1, 0.15) is 6.10 Å². The van der Waals surface area contributed by atoms with Crippen LogP contribution in [0.4, 0.5) is 0 Å². The number of carbonyl (C=O) groups is 3. The van der Waals surface area contributed by atoms with Gasteiger partial charge in [-0.1, -0.05) is 75.7 Å². The zero-order valence-corrected chi connectivity index (χ0v) is 30.1. The molecule has 0 spiro atoms. The highest BCUT2D eigenvalue weighted by atomic mass is 32.2. The Hall–Kier alpha value is -4.05. The molecule has 3 fully saturated rings. The minimum atomic E-state index is -3.79. The summed E-state index contributed by atoms with van der Waals surface area (Å²) in [5.74, 6) is -1.41. The van der Waals surface area contributed by atoms with Crippen LogP contribution in [0.15, 0.2) is 61.2 Å². The monoisotopic (exact) mass is 685 g/mol. The van der Waals surface area contributed by atoms with Crippen molar-refractivity contribution < 1.29 is 27.5 Å². The van der Waals surface area contributed by atoms with Crippen molar-refractivity contribution in [3.05, 3.63) is 72.3 Å². The Labute approximate surface area is 289 Å². The molecule has 10 heteroatoms. The number of aromatic nitrogens is 1. The Bertz CT molecular complexity index is 1950. The summed E-state index contributed by atoms with van der Waals surface area (Å²) in [6.07, 6.45) is 2.47. The summed E-state index contributed by atoms with van der Waals surface area (Å²) in [5, 5.41) is 1.24. The third-order valence-corrected chi connectivity index (χ3v) is 12.6. The van der Waals surface area contributed by atoms with Gasteiger partial charge in [-0.05, 0) is 67.5 Å². The summed E-state index contributed by atoms with van der Waals surface area (Å²) >= 11 is 0. The second-order valence-electron chi connectivity index (χ2n) is 15.4. The minimum Gasteiger partial charge on any atom is -0.472 e. The van der Waals surface area contributed by atoms with Crippen molar-refractivity contribution >= 4 is 38.4 Å². The number of likely N-dealkylation sites (tertiary alicyclic amines) is 1. The zero-order valence-electron chi connectivity index (χ0n) is 29.3. The number of aryl methyl sites for hydroxylation is 2.